The van der Waals surface area contributed by atoms with Crippen LogP contribution in [0.4, 0.5) is 10.8 Å². The van der Waals surface area contributed by atoms with Crippen molar-refractivity contribution in [3.8, 4) is 11.5 Å². The highest BCUT2D eigenvalue weighted by atomic mass is 32.1. The maximum absolute atomic E-state index is 11.6. The van der Waals surface area contributed by atoms with Crippen LogP contribution in [0.5, 0.6) is 11.5 Å². The number of carbonyl (C=O) groups is 1. The molecule has 0 fully saturated rings. The van der Waals surface area contributed by atoms with Gasteiger partial charge in [-0.3, -0.25) is 15.5 Å². The number of aryl methyl sites for hydroxylation is 1. The lowest BCUT2D eigenvalue weighted by Gasteiger charge is -2.11. The summed E-state index contributed by atoms with van der Waals surface area (Å²) in [5.74, 6) is -0.133. The summed E-state index contributed by atoms with van der Waals surface area (Å²) in [5, 5.41) is 15.8. The molecule has 2 rings (SSSR count). The molecule has 0 radical (unpaired) electrons. The number of hydrogen-bond donors (Lipinski definition) is 1. The normalized spacial score (nSPS) is 10.7. The van der Waals surface area contributed by atoms with E-state index in [1.807, 2.05) is 0 Å². The number of ether oxygens (including phenoxy) is 3. The number of hydrogen-bond acceptors (Lipinski definition) is 10. The monoisotopic (exact) mass is 408 g/mol. The van der Waals surface area contributed by atoms with Gasteiger partial charge in [0.1, 0.15) is 4.88 Å². The zero-order valence-electron chi connectivity index (χ0n) is 15.8. The van der Waals surface area contributed by atoms with Crippen LogP contribution in [0.2, 0.25) is 0 Å². The number of anilines is 1. The lowest BCUT2D eigenvalue weighted by molar-refractivity contribution is -0.385. The van der Waals surface area contributed by atoms with E-state index in [2.05, 4.69) is 20.2 Å². The zero-order valence-corrected chi connectivity index (χ0v) is 16.7. The number of thiazole rings is 1. The third-order valence-electron chi connectivity index (χ3n) is 3.38. The van der Waals surface area contributed by atoms with Gasteiger partial charge in [0, 0.05) is 11.6 Å². The second-order valence-corrected chi connectivity index (χ2v) is 6.28. The number of methoxy groups -OCH3 is 1. The molecule has 0 aliphatic heterocycles. The Morgan fingerprint density at radius 1 is 1.36 bits per heavy atom. The lowest BCUT2D eigenvalue weighted by Crippen LogP contribution is -2.03. The molecule has 0 atom stereocenters. The Hall–Kier alpha value is -3.21. The van der Waals surface area contributed by atoms with Gasteiger partial charge in [0.2, 0.25) is 10.9 Å². The van der Waals surface area contributed by atoms with Crippen molar-refractivity contribution in [2.75, 3.05) is 25.7 Å². The Morgan fingerprint density at radius 2 is 2.07 bits per heavy atom. The number of rotatable bonds is 9. The fraction of sp³-hybridized carbons (Fsp3) is 0.353. The molecule has 150 valence electrons. The minimum atomic E-state index is -0.537. The fourth-order valence-electron chi connectivity index (χ4n) is 2.26. The molecular formula is C17H20N4O6S. The van der Waals surface area contributed by atoms with E-state index in [1.165, 1.54) is 19.4 Å². The second kappa shape index (κ2) is 9.65. The van der Waals surface area contributed by atoms with E-state index in [0.717, 1.165) is 11.3 Å². The first-order valence-electron chi connectivity index (χ1n) is 8.34. The highest BCUT2D eigenvalue weighted by Gasteiger charge is 2.22. The van der Waals surface area contributed by atoms with E-state index < -0.39 is 10.9 Å². The first kappa shape index (κ1) is 21.1. The molecule has 1 heterocycles. The number of hydrazone groups is 1. The van der Waals surface area contributed by atoms with Crippen LogP contribution in [-0.4, -0.2) is 42.4 Å². The van der Waals surface area contributed by atoms with Gasteiger partial charge in [-0.15, -0.1) is 0 Å². The number of carbonyl (C=O) groups excluding carboxylic acids is 1. The third-order valence-corrected chi connectivity index (χ3v) is 4.43. The summed E-state index contributed by atoms with van der Waals surface area (Å²) in [5.41, 5.74) is 3.44. The molecule has 0 aliphatic carbocycles. The molecule has 0 aliphatic rings. The SMILES string of the molecule is CCOc1cc(/C=N\Nc2nc(C)c(C(=O)OC)s2)cc([N+](=O)[O-])c1OCC. The molecular weight excluding hydrogens is 388 g/mol. The number of benzene rings is 1. The summed E-state index contributed by atoms with van der Waals surface area (Å²) in [4.78, 5) is 27.0. The molecule has 1 N–H and O–H groups in total. The standard InChI is InChI=1S/C17H20N4O6S/c1-5-26-13-8-11(7-12(21(23)24)14(13)27-6-2)9-18-20-17-19-10(3)15(28-17)16(22)25-4/h7-9H,5-6H2,1-4H3,(H,19,20)/b18-9-. The number of esters is 1. The molecule has 0 amide bonds. The van der Waals surface area contributed by atoms with Gasteiger partial charge in [-0.1, -0.05) is 11.3 Å². The molecule has 0 saturated heterocycles. The van der Waals surface area contributed by atoms with Crippen LogP contribution in [0.1, 0.15) is 34.8 Å². The molecule has 0 bridgehead atoms. The van der Waals surface area contributed by atoms with Crippen LogP contribution in [0.25, 0.3) is 0 Å². The van der Waals surface area contributed by atoms with E-state index in [0.29, 0.717) is 27.9 Å². The van der Waals surface area contributed by atoms with Gasteiger partial charge in [0.25, 0.3) is 0 Å². The van der Waals surface area contributed by atoms with E-state index >= 15 is 0 Å². The van der Waals surface area contributed by atoms with Crippen LogP contribution in [0, 0.1) is 17.0 Å². The summed E-state index contributed by atoms with van der Waals surface area (Å²) in [6.07, 6.45) is 1.39. The van der Waals surface area contributed by atoms with Crippen LogP contribution in [-0.2, 0) is 4.74 Å². The Labute approximate surface area is 165 Å². The molecule has 0 saturated carbocycles. The first-order valence-corrected chi connectivity index (χ1v) is 9.15. The first-order chi connectivity index (χ1) is 13.4. The van der Waals surface area contributed by atoms with Gasteiger partial charge in [-0.25, -0.2) is 9.78 Å². The zero-order chi connectivity index (χ0) is 20.7. The van der Waals surface area contributed by atoms with E-state index in [-0.39, 0.29) is 23.8 Å². The molecule has 2 aromatic rings. The van der Waals surface area contributed by atoms with Crippen molar-refractivity contribution >= 4 is 34.3 Å². The average Bonchev–Trinajstić information content (AvgIpc) is 3.03. The van der Waals surface area contributed by atoms with Gasteiger partial charge in [-0.2, -0.15) is 5.10 Å². The summed E-state index contributed by atoms with van der Waals surface area (Å²) in [7, 11) is 1.29. The average molecular weight is 408 g/mol. The van der Waals surface area contributed by atoms with Crippen LogP contribution < -0.4 is 14.9 Å². The van der Waals surface area contributed by atoms with E-state index in [1.54, 1.807) is 26.8 Å². The van der Waals surface area contributed by atoms with Crippen molar-refractivity contribution in [3.63, 3.8) is 0 Å². The maximum Gasteiger partial charge on any atom is 0.350 e. The number of aromatic nitrogens is 1. The third kappa shape index (κ3) is 4.94. The molecule has 11 heteroatoms. The van der Waals surface area contributed by atoms with Crippen molar-refractivity contribution in [1.29, 1.82) is 0 Å². The van der Waals surface area contributed by atoms with Crippen molar-refractivity contribution in [3.05, 3.63) is 38.4 Å². The highest BCUT2D eigenvalue weighted by Crippen LogP contribution is 2.38. The van der Waals surface area contributed by atoms with Crippen molar-refractivity contribution < 1.29 is 23.9 Å². The van der Waals surface area contributed by atoms with Crippen molar-refractivity contribution in [1.82, 2.24) is 4.98 Å². The Bertz CT molecular complexity index is 896. The molecule has 0 spiro atoms. The maximum atomic E-state index is 11.6. The van der Waals surface area contributed by atoms with Gasteiger partial charge in [-0.05, 0) is 26.8 Å². The summed E-state index contributed by atoms with van der Waals surface area (Å²) in [6, 6.07) is 2.94. The number of nitrogens with one attached hydrogen (secondary N) is 1. The van der Waals surface area contributed by atoms with Gasteiger partial charge >= 0.3 is 11.7 Å². The van der Waals surface area contributed by atoms with Crippen LogP contribution >= 0.6 is 11.3 Å². The van der Waals surface area contributed by atoms with E-state index in [4.69, 9.17) is 9.47 Å². The Morgan fingerprint density at radius 3 is 2.68 bits per heavy atom. The Kier molecular flexibility index (Phi) is 7.27. The molecule has 0 unspecified atom stereocenters. The predicted molar refractivity (Wildman–Crippen MR) is 105 cm³/mol. The van der Waals surface area contributed by atoms with Crippen LogP contribution in [0.15, 0.2) is 17.2 Å². The van der Waals surface area contributed by atoms with Gasteiger partial charge in [0.05, 0.1) is 37.2 Å². The fourth-order valence-corrected chi connectivity index (χ4v) is 3.09. The van der Waals surface area contributed by atoms with Crippen molar-refractivity contribution in [2.24, 2.45) is 5.10 Å². The smallest absolute Gasteiger partial charge is 0.350 e. The van der Waals surface area contributed by atoms with Gasteiger partial charge < -0.3 is 14.2 Å². The largest absolute Gasteiger partial charge is 0.490 e. The molecule has 1 aromatic carbocycles. The molecule has 10 nitrogen and oxygen atoms in total. The Balaban J connectivity index is 2.27. The highest BCUT2D eigenvalue weighted by molar-refractivity contribution is 7.17. The van der Waals surface area contributed by atoms with Crippen molar-refractivity contribution in [2.45, 2.75) is 20.8 Å². The van der Waals surface area contributed by atoms with E-state index in [9.17, 15) is 14.9 Å². The topological polar surface area (TPSA) is 125 Å². The quantitative estimate of drug-likeness (QED) is 0.290. The predicted octanol–water partition coefficient (Wildman–Crippen LogP) is 3.39. The number of nitro benzene ring substituents is 1. The number of nitrogens with zero attached hydrogens (tertiary/aromatic N) is 3. The lowest BCUT2D eigenvalue weighted by atomic mass is 10.2. The summed E-state index contributed by atoms with van der Waals surface area (Å²) < 4.78 is 15.5. The second-order valence-electron chi connectivity index (χ2n) is 5.29. The summed E-state index contributed by atoms with van der Waals surface area (Å²) >= 11 is 1.09. The van der Waals surface area contributed by atoms with Gasteiger partial charge in [0.15, 0.2) is 5.75 Å². The minimum absolute atomic E-state index is 0.0812. The summed E-state index contributed by atoms with van der Waals surface area (Å²) in [6.45, 7) is 5.78. The number of nitro groups is 1. The molecule has 1 aromatic heterocycles. The van der Waals surface area contributed by atoms with Crippen LogP contribution in [0.3, 0.4) is 0 Å². The molecule has 28 heavy (non-hydrogen) atoms. The minimum Gasteiger partial charge on any atom is -0.490 e.